The Hall–Kier alpha value is -1.85. The number of carbonyl (C=O) groups excluding carboxylic acids is 1. The summed E-state index contributed by atoms with van der Waals surface area (Å²) < 4.78 is 7.09. The van der Waals surface area contributed by atoms with Gasteiger partial charge in [-0.1, -0.05) is 11.6 Å². The molecular weight excluding hydrogens is 290 g/mol. The van der Waals surface area contributed by atoms with Crippen LogP contribution in [0.3, 0.4) is 0 Å². The fourth-order valence-electron chi connectivity index (χ4n) is 2.36. The normalized spacial score (nSPS) is 17.9. The third-order valence-corrected chi connectivity index (χ3v) is 3.63. The van der Waals surface area contributed by atoms with Crippen molar-refractivity contribution in [1.29, 1.82) is 0 Å². The number of benzene rings is 1. The van der Waals surface area contributed by atoms with Crippen LogP contribution in [0.4, 0.5) is 5.82 Å². The lowest BCUT2D eigenvalue weighted by atomic mass is 10.2. The van der Waals surface area contributed by atoms with Crippen molar-refractivity contribution < 1.29 is 9.53 Å². The van der Waals surface area contributed by atoms with Gasteiger partial charge in [0, 0.05) is 17.7 Å². The monoisotopic (exact) mass is 305 g/mol. The van der Waals surface area contributed by atoms with Crippen LogP contribution in [0.25, 0.3) is 5.69 Å². The van der Waals surface area contributed by atoms with Gasteiger partial charge in [-0.3, -0.25) is 4.79 Å². The molecule has 1 aromatic carbocycles. The van der Waals surface area contributed by atoms with Crippen molar-refractivity contribution in [3.63, 3.8) is 0 Å². The molecule has 0 saturated carbocycles. The molecule has 1 N–H and O–H groups in total. The van der Waals surface area contributed by atoms with E-state index in [1.54, 1.807) is 16.8 Å². The number of halogens is 1. The predicted molar refractivity (Wildman–Crippen MR) is 80.9 cm³/mol. The van der Waals surface area contributed by atoms with E-state index in [9.17, 15) is 4.79 Å². The number of nitrogens with zero attached hydrogens (tertiary/aromatic N) is 2. The minimum atomic E-state index is -0.362. The highest BCUT2D eigenvalue weighted by molar-refractivity contribution is 6.30. The van der Waals surface area contributed by atoms with Crippen molar-refractivity contribution >= 4 is 23.3 Å². The molecule has 21 heavy (non-hydrogen) atoms. The minimum Gasteiger partial charge on any atom is -0.368 e. The largest absolute Gasteiger partial charge is 0.368 e. The summed E-state index contributed by atoms with van der Waals surface area (Å²) in [6, 6.07) is 9.13. The van der Waals surface area contributed by atoms with Gasteiger partial charge in [0.05, 0.1) is 11.4 Å². The Labute approximate surface area is 127 Å². The number of anilines is 1. The highest BCUT2D eigenvalue weighted by Gasteiger charge is 2.24. The summed E-state index contributed by atoms with van der Waals surface area (Å²) in [4.78, 5) is 12.2. The number of ether oxygens (including phenoxy) is 1. The Bertz CT molecular complexity index is 645. The van der Waals surface area contributed by atoms with Crippen LogP contribution in [-0.2, 0) is 9.53 Å². The van der Waals surface area contributed by atoms with Crippen molar-refractivity contribution in [2.24, 2.45) is 0 Å². The van der Waals surface area contributed by atoms with Crippen molar-refractivity contribution in [3.05, 3.63) is 41.0 Å². The molecule has 0 aliphatic carbocycles. The molecule has 1 fully saturated rings. The first-order valence-corrected chi connectivity index (χ1v) is 7.26. The lowest BCUT2D eigenvalue weighted by Gasteiger charge is -2.12. The second kappa shape index (κ2) is 5.87. The molecule has 1 aliphatic rings. The van der Waals surface area contributed by atoms with E-state index < -0.39 is 0 Å². The zero-order chi connectivity index (χ0) is 14.8. The molecule has 110 valence electrons. The highest BCUT2D eigenvalue weighted by Crippen LogP contribution is 2.21. The zero-order valence-electron chi connectivity index (χ0n) is 11.7. The molecule has 1 atom stereocenters. The number of hydrogen-bond acceptors (Lipinski definition) is 3. The van der Waals surface area contributed by atoms with E-state index in [1.165, 1.54) is 0 Å². The predicted octanol–water partition coefficient (Wildman–Crippen LogP) is 2.95. The highest BCUT2D eigenvalue weighted by atomic mass is 35.5. The summed E-state index contributed by atoms with van der Waals surface area (Å²) in [5.41, 5.74) is 1.67. The summed E-state index contributed by atoms with van der Waals surface area (Å²) in [7, 11) is 0. The maximum Gasteiger partial charge on any atom is 0.254 e. The van der Waals surface area contributed by atoms with Gasteiger partial charge in [-0.25, -0.2) is 4.68 Å². The lowest BCUT2D eigenvalue weighted by Crippen LogP contribution is -2.27. The van der Waals surface area contributed by atoms with E-state index >= 15 is 0 Å². The van der Waals surface area contributed by atoms with Gasteiger partial charge < -0.3 is 10.1 Å². The van der Waals surface area contributed by atoms with Gasteiger partial charge in [0.1, 0.15) is 11.9 Å². The lowest BCUT2D eigenvalue weighted by molar-refractivity contribution is -0.124. The molecular formula is C15H16ClN3O2. The van der Waals surface area contributed by atoms with Crippen molar-refractivity contribution in [2.75, 3.05) is 11.9 Å². The summed E-state index contributed by atoms with van der Waals surface area (Å²) >= 11 is 5.90. The van der Waals surface area contributed by atoms with Crippen LogP contribution in [-0.4, -0.2) is 28.4 Å². The number of carbonyl (C=O) groups is 1. The van der Waals surface area contributed by atoms with E-state index in [-0.39, 0.29) is 12.0 Å². The molecule has 0 bridgehead atoms. The SMILES string of the molecule is Cc1cc(NC(=O)C2CCCO2)n(-c2ccc(Cl)cc2)n1. The van der Waals surface area contributed by atoms with Gasteiger partial charge in [-0.15, -0.1) is 0 Å². The van der Waals surface area contributed by atoms with E-state index in [4.69, 9.17) is 16.3 Å². The number of hydrogen-bond donors (Lipinski definition) is 1. The van der Waals surface area contributed by atoms with E-state index in [2.05, 4.69) is 10.4 Å². The topological polar surface area (TPSA) is 56.1 Å². The van der Waals surface area contributed by atoms with Gasteiger partial charge in [0.25, 0.3) is 5.91 Å². The number of rotatable bonds is 3. The molecule has 0 radical (unpaired) electrons. The number of amides is 1. The third-order valence-electron chi connectivity index (χ3n) is 3.38. The van der Waals surface area contributed by atoms with Crippen LogP contribution >= 0.6 is 11.6 Å². The molecule has 5 nitrogen and oxygen atoms in total. The van der Waals surface area contributed by atoms with E-state index in [1.807, 2.05) is 25.1 Å². The Morgan fingerprint density at radius 1 is 1.43 bits per heavy atom. The molecule has 1 unspecified atom stereocenters. The molecule has 6 heteroatoms. The summed E-state index contributed by atoms with van der Waals surface area (Å²) in [6.45, 7) is 2.53. The van der Waals surface area contributed by atoms with Gasteiger partial charge in [0.2, 0.25) is 0 Å². The number of aryl methyl sites for hydroxylation is 1. The van der Waals surface area contributed by atoms with Crippen LogP contribution in [0, 0.1) is 6.92 Å². The van der Waals surface area contributed by atoms with Gasteiger partial charge >= 0.3 is 0 Å². The summed E-state index contributed by atoms with van der Waals surface area (Å²) in [5, 5.41) is 7.96. The smallest absolute Gasteiger partial charge is 0.254 e. The Kier molecular flexibility index (Phi) is 3.94. The second-order valence-electron chi connectivity index (χ2n) is 5.05. The van der Waals surface area contributed by atoms with Crippen LogP contribution in [0.2, 0.25) is 5.02 Å². The third kappa shape index (κ3) is 3.09. The molecule has 1 aromatic heterocycles. The number of nitrogens with one attached hydrogen (secondary N) is 1. The van der Waals surface area contributed by atoms with Crippen molar-refractivity contribution in [2.45, 2.75) is 25.9 Å². The molecule has 1 aliphatic heterocycles. The quantitative estimate of drug-likeness (QED) is 0.948. The second-order valence-corrected chi connectivity index (χ2v) is 5.49. The average Bonchev–Trinajstić information content (AvgIpc) is 3.09. The standard InChI is InChI=1S/C15H16ClN3O2/c1-10-9-14(17-15(20)13-3-2-8-21-13)19(18-10)12-6-4-11(16)5-7-12/h4-7,9,13H,2-3,8H2,1H3,(H,17,20). The first-order valence-electron chi connectivity index (χ1n) is 6.88. The maximum absolute atomic E-state index is 12.2. The molecule has 2 heterocycles. The van der Waals surface area contributed by atoms with Crippen LogP contribution < -0.4 is 5.32 Å². The summed E-state index contributed by atoms with van der Waals surface area (Å²) in [6.07, 6.45) is 1.33. The summed E-state index contributed by atoms with van der Waals surface area (Å²) in [5.74, 6) is 0.512. The van der Waals surface area contributed by atoms with Crippen LogP contribution in [0.1, 0.15) is 18.5 Å². The van der Waals surface area contributed by atoms with Crippen LogP contribution in [0.5, 0.6) is 0 Å². The Balaban J connectivity index is 1.85. The van der Waals surface area contributed by atoms with Gasteiger partial charge in [-0.2, -0.15) is 5.10 Å². The van der Waals surface area contributed by atoms with Crippen molar-refractivity contribution in [3.8, 4) is 5.69 Å². The molecule has 0 spiro atoms. The molecule has 2 aromatic rings. The van der Waals surface area contributed by atoms with Crippen LogP contribution in [0.15, 0.2) is 30.3 Å². The fraction of sp³-hybridized carbons (Fsp3) is 0.333. The van der Waals surface area contributed by atoms with Crippen molar-refractivity contribution in [1.82, 2.24) is 9.78 Å². The Morgan fingerprint density at radius 2 is 2.19 bits per heavy atom. The minimum absolute atomic E-state index is 0.123. The molecule has 1 amide bonds. The fourth-order valence-corrected chi connectivity index (χ4v) is 2.48. The first-order chi connectivity index (χ1) is 10.1. The first kappa shape index (κ1) is 14.1. The van der Waals surface area contributed by atoms with E-state index in [0.29, 0.717) is 17.4 Å². The van der Waals surface area contributed by atoms with Gasteiger partial charge in [0.15, 0.2) is 0 Å². The van der Waals surface area contributed by atoms with E-state index in [0.717, 1.165) is 24.2 Å². The Morgan fingerprint density at radius 3 is 2.86 bits per heavy atom. The zero-order valence-corrected chi connectivity index (χ0v) is 12.4. The number of aromatic nitrogens is 2. The molecule has 3 rings (SSSR count). The average molecular weight is 306 g/mol. The van der Waals surface area contributed by atoms with Gasteiger partial charge in [-0.05, 0) is 44.0 Å². The molecule has 1 saturated heterocycles. The maximum atomic E-state index is 12.2.